The number of thiazole rings is 1. The molecular formula is C19H10Cl2N2O4S. The highest BCUT2D eigenvalue weighted by Crippen LogP contribution is 2.32. The fourth-order valence-corrected chi connectivity index (χ4v) is 4.12. The smallest absolute Gasteiger partial charge is 0.329 e. The van der Waals surface area contributed by atoms with Crippen LogP contribution in [-0.2, 0) is 16.1 Å². The number of benzene rings is 2. The summed E-state index contributed by atoms with van der Waals surface area (Å²) in [5.41, 5.74) is 1.53. The Hall–Kier alpha value is -2.74. The zero-order chi connectivity index (χ0) is 19.8. The summed E-state index contributed by atoms with van der Waals surface area (Å²) in [7, 11) is 0. The molecule has 1 aliphatic heterocycles. The van der Waals surface area contributed by atoms with Crippen LogP contribution in [0.4, 0.5) is 0 Å². The van der Waals surface area contributed by atoms with Gasteiger partial charge in [-0.15, -0.1) is 11.3 Å². The van der Waals surface area contributed by atoms with E-state index in [0.717, 1.165) is 0 Å². The minimum Gasteiger partial charge on any atom is -0.329 e. The van der Waals surface area contributed by atoms with Crippen LogP contribution in [0.3, 0.4) is 0 Å². The number of fused-ring (bicyclic) bond motifs is 1. The van der Waals surface area contributed by atoms with Crippen molar-refractivity contribution in [3.63, 3.8) is 0 Å². The Kier molecular flexibility index (Phi) is 4.89. The highest BCUT2D eigenvalue weighted by molar-refractivity contribution is 7.13. The molecule has 0 spiro atoms. The molecule has 0 atom stereocenters. The van der Waals surface area contributed by atoms with Crippen LogP contribution in [0, 0.1) is 0 Å². The molecule has 0 fully saturated rings. The summed E-state index contributed by atoms with van der Waals surface area (Å²) in [6.07, 6.45) is -0.199. The van der Waals surface area contributed by atoms with Gasteiger partial charge in [-0.3, -0.25) is 9.59 Å². The molecule has 0 bridgehead atoms. The van der Waals surface area contributed by atoms with Gasteiger partial charge in [0.05, 0.1) is 28.3 Å². The Morgan fingerprint density at radius 2 is 1.71 bits per heavy atom. The molecule has 2 heterocycles. The number of hydroxylamine groups is 2. The molecular weight excluding hydrogens is 423 g/mol. The van der Waals surface area contributed by atoms with Gasteiger partial charge in [-0.1, -0.05) is 40.4 Å². The van der Waals surface area contributed by atoms with E-state index in [2.05, 4.69) is 4.98 Å². The van der Waals surface area contributed by atoms with Gasteiger partial charge in [0, 0.05) is 16.0 Å². The Morgan fingerprint density at radius 1 is 1.04 bits per heavy atom. The first-order valence-electron chi connectivity index (χ1n) is 8.02. The first-order chi connectivity index (χ1) is 13.4. The van der Waals surface area contributed by atoms with Gasteiger partial charge in [0.1, 0.15) is 5.01 Å². The lowest BCUT2D eigenvalue weighted by Crippen LogP contribution is -2.33. The molecule has 28 heavy (non-hydrogen) atoms. The largest absolute Gasteiger partial charge is 0.339 e. The molecule has 4 rings (SSSR count). The van der Waals surface area contributed by atoms with Crippen molar-refractivity contribution in [2.24, 2.45) is 0 Å². The van der Waals surface area contributed by atoms with E-state index >= 15 is 0 Å². The first kappa shape index (κ1) is 18.6. The Bertz CT molecular complexity index is 1090. The number of halogens is 2. The monoisotopic (exact) mass is 432 g/mol. The van der Waals surface area contributed by atoms with Gasteiger partial charge in [-0.05, 0) is 30.3 Å². The van der Waals surface area contributed by atoms with Crippen LogP contribution in [-0.4, -0.2) is 27.8 Å². The quantitative estimate of drug-likeness (QED) is 0.570. The van der Waals surface area contributed by atoms with E-state index in [1.165, 1.54) is 23.5 Å². The van der Waals surface area contributed by atoms with E-state index in [1.54, 1.807) is 35.7 Å². The molecule has 0 saturated heterocycles. The number of carbonyl (C=O) groups excluding carboxylic acids is 3. The average molecular weight is 433 g/mol. The minimum absolute atomic E-state index is 0.199. The number of hydrogen-bond donors (Lipinski definition) is 0. The normalized spacial score (nSPS) is 13.0. The molecule has 0 aliphatic carbocycles. The van der Waals surface area contributed by atoms with Crippen molar-refractivity contribution in [2.45, 2.75) is 6.42 Å². The van der Waals surface area contributed by atoms with Crippen molar-refractivity contribution < 1.29 is 19.2 Å². The number of hydrogen-bond acceptors (Lipinski definition) is 6. The summed E-state index contributed by atoms with van der Waals surface area (Å²) in [5.74, 6) is -2.10. The number of amides is 2. The van der Waals surface area contributed by atoms with Gasteiger partial charge >= 0.3 is 5.97 Å². The number of aromatic nitrogens is 1. The number of rotatable bonds is 4. The van der Waals surface area contributed by atoms with Crippen molar-refractivity contribution in [1.29, 1.82) is 0 Å². The highest BCUT2D eigenvalue weighted by atomic mass is 35.5. The van der Waals surface area contributed by atoms with Crippen LogP contribution in [0.25, 0.3) is 10.6 Å². The molecule has 0 radical (unpaired) electrons. The van der Waals surface area contributed by atoms with Crippen LogP contribution in [0.1, 0.15) is 26.4 Å². The van der Waals surface area contributed by atoms with Crippen LogP contribution in [0.15, 0.2) is 47.8 Å². The van der Waals surface area contributed by atoms with Crippen molar-refractivity contribution in [2.75, 3.05) is 0 Å². The zero-order valence-electron chi connectivity index (χ0n) is 14.0. The molecule has 2 amide bonds. The van der Waals surface area contributed by atoms with Gasteiger partial charge in [0.2, 0.25) is 0 Å². The van der Waals surface area contributed by atoms with Crippen LogP contribution in [0.5, 0.6) is 0 Å². The third-order valence-electron chi connectivity index (χ3n) is 3.99. The lowest BCUT2D eigenvalue weighted by Gasteiger charge is -2.12. The van der Waals surface area contributed by atoms with Crippen LogP contribution >= 0.6 is 34.5 Å². The maximum Gasteiger partial charge on any atom is 0.339 e. The molecule has 0 saturated carbocycles. The zero-order valence-corrected chi connectivity index (χ0v) is 16.3. The van der Waals surface area contributed by atoms with Gasteiger partial charge in [-0.25, -0.2) is 9.78 Å². The Balaban J connectivity index is 1.46. The standard InChI is InChI=1S/C19H10Cl2N2O4S/c20-10-5-6-14(15(21)7-10)17-22-11(9-28-17)8-16(24)27-23-18(25)12-3-1-2-4-13(12)19(23)26/h1-7,9H,8H2. The van der Waals surface area contributed by atoms with E-state index in [1.807, 2.05) is 0 Å². The van der Waals surface area contributed by atoms with Gasteiger partial charge in [-0.2, -0.15) is 0 Å². The van der Waals surface area contributed by atoms with E-state index < -0.39 is 17.8 Å². The summed E-state index contributed by atoms with van der Waals surface area (Å²) >= 11 is 13.4. The third kappa shape index (κ3) is 3.40. The Morgan fingerprint density at radius 3 is 2.36 bits per heavy atom. The molecule has 6 nitrogen and oxygen atoms in total. The highest BCUT2D eigenvalue weighted by Gasteiger charge is 2.38. The lowest BCUT2D eigenvalue weighted by atomic mass is 10.1. The summed E-state index contributed by atoms with van der Waals surface area (Å²) in [5, 5.41) is 3.74. The third-order valence-corrected chi connectivity index (χ3v) is 5.46. The van der Waals surface area contributed by atoms with E-state index in [0.29, 0.717) is 31.4 Å². The predicted molar refractivity (Wildman–Crippen MR) is 104 cm³/mol. The summed E-state index contributed by atoms with van der Waals surface area (Å²) in [6.45, 7) is 0. The molecule has 9 heteroatoms. The maximum atomic E-state index is 12.2. The summed E-state index contributed by atoms with van der Waals surface area (Å²) in [4.78, 5) is 46.1. The maximum absolute atomic E-state index is 12.2. The molecule has 140 valence electrons. The fourth-order valence-electron chi connectivity index (χ4n) is 2.71. The molecule has 3 aromatic rings. The van der Waals surface area contributed by atoms with Gasteiger partial charge in [0.15, 0.2) is 0 Å². The summed E-state index contributed by atoms with van der Waals surface area (Å²) < 4.78 is 0. The lowest BCUT2D eigenvalue weighted by molar-refractivity contribution is -0.167. The average Bonchev–Trinajstić information content (AvgIpc) is 3.21. The molecule has 0 N–H and O–H groups in total. The van der Waals surface area contributed by atoms with Crippen molar-refractivity contribution in [3.8, 4) is 10.6 Å². The molecule has 2 aromatic carbocycles. The van der Waals surface area contributed by atoms with Crippen LogP contribution < -0.4 is 0 Å². The van der Waals surface area contributed by atoms with E-state index in [-0.39, 0.29) is 17.5 Å². The Labute approximate surface area is 173 Å². The summed E-state index contributed by atoms with van der Waals surface area (Å²) in [6, 6.07) is 11.3. The second kappa shape index (κ2) is 7.35. The van der Waals surface area contributed by atoms with Gasteiger partial charge < -0.3 is 4.84 Å². The molecule has 1 aliphatic rings. The topological polar surface area (TPSA) is 76.6 Å². The number of imide groups is 1. The molecule has 0 unspecified atom stereocenters. The number of nitrogens with zero attached hydrogens (tertiary/aromatic N) is 2. The van der Waals surface area contributed by atoms with Gasteiger partial charge in [0.25, 0.3) is 11.8 Å². The molecule has 1 aromatic heterocycles. The van der Waals surface area contributed by atoms with E-state index in [9.17, 15) is 14.4 Å². The first-order valence-corrected chi connectivity index (χ1v) is 9.66. The number of carbonyl (C=O) groups is 3. The fraction of sp³-hybridized carbons (Fsp3) is 0.0526. The van der Waals surface area contributed by atoms with Crippen molar-refractivity contribution >= 4 is 52.3 Å². The minimum atomic E-state index is -0.770. The second-order valence-electron chi connectivity index (χ2n) is 5.86. The second-order valence-corrected chi connectivity index (χ2v) is 7.56. The van der Waals surface area contributed by atoms with Crippen LogP contribution in [0.2, 0.25) is 10.0 Å². The SMILES string of the molecule is O=C(Cc1csc(-c2ccc(Cl)cc2Cl)n1)ON1C(=O)c2ccccc2C1=O. The van der Waals surface area contributed by atoms with E-state index in [4.69, 9.17) is 28.0 Å². The van der Waals surface area contributed by atoms with Crippen molar-refractivity contribution in [3.05, 3.63) is 74.7 Å². The van der Waals surface area contributed by atoms with Crippen molar-refractivity contribution in [1.82, 2.24) is 10.0 Å². The predicted octanol–water partition coefficient (Wildman–Crippen LogP) is 4.41.